The Morgan fingerprint density at radius 2 is 2.06 bits per heavy atom. The SMILES string of the molecule is COc1cccc(N)c1C(=O)c1cc(C)oc1C. The summed E-state index contributed by atoms with van der Waals surface area (Å²) in [5.41, 5.74) is 7.16. The molecule has 2 rings (SSSR count). The van der Waals surface area contributed by atoms with Crippen LogP contribution >= 0.6 is 0 Å². The third kappa shape index (κ3) is 1.97. The van der Waals surface area contributed by atoms with E-state index in [1.165, 1.54) is 7.11 Å². The van der Waals surface area contributed by atoms with Crippen LogP contribution in [0.15, 0.2) is 28.7 Å². The van der Waals surface area contributed by atoms with Gasteiger partial charge >= 0.3 is 0 Å². The number of rotatable bonds is 3. The van der Waals surface area contributed by atoms with Crippen LogP contribution < -0.4 is 10.5 Å². The van der Waals surface area contributed by atoms with Gasteiger partial charge in [-0.05, 0) is 32.0 Å². The standard InChI is InChI=1S/C14H15NO3/c1-8-7-10(9(2)18-8)14(16)13-11(15)5-4-6-12(13)17-3/h4-7H,15H2,1-3H3. The summed E-state index contributed by atoms with van der Waals surface area (Å²) in [6.45, 7) is 3.56. The number of nitrogen functional groups attached to an aromatic ring is 1. The number of benzene rings is 1. The Balaban J connectivity index is 2.56. The summed E-state index contributed by atoms with van der Waals surface area (Å²) in [6.07, 6.45) is 0. The minimum absolute atomic E-state index is 0.181. The van der Waals surface area contributed by atoms with Crippen molar-refractivity contribution in [1.82, 2.24) is 0 Å². The predicted octanol–water partition coefficient (Wildman–Crippen LogP) is 2.72. The zero-order chi connectivity index (χ0) is 13.3. The Labute approximate surface area is 105 Å². The molecule has 2 aromatic rings. The third-order valence-electron chi connectivity index (χ3n) is 2.79. The molecule has 0 fully saturated rings. The van der Waals surface area contributed by atoms with Crippen molar-refractivity contribution < 1.29 is 13.9 Å². The number of ether oxygens (including phenoxy) is 1. The number of carbonyl (C=O) groups excluding carboxylic acids is 1. The van der Waals surface area contributed by atoms with Crippen LogP contribution in [0.25, 0.3) is 0 Å². The van der Waals surface area contributed by atoms with Gasteiger partial charge in [0.15, 0.2) is 0 Å². The first-order valence-corrected chi connectivity index (χ1v) is 5.58. The minimum atomic E-state index is -0.181. The number of carbonyl (C=O) groups is 1. The van der Waals surface area contributed by atoms with Gasteiger partial charge in [-0.2, -0.15) is 0 Å². The van der Waals surface area contributed by atoms with Crippen molar-refractivity contribution >= 4 is 11.5 Å². The second kappa shape index (κ2) is 4.56. The van der Waals surface area contributed by atoms with Crippen molar-refractivity contribution in [3.05, 3.63) is 46.9 Å². The van der Waals surface area contributed by atoms with E-state index in [-0.39, 0.29) is 5.78 Å². The van der Waals surface area contributed by atoms with Gasteiger partial charge in [0.2, 0.25) is 5.78 Å². The molecule has 1 aromatic heterocycles. The Kier molecular flexibility index (Phi) is 3.10. The highest BCUT2D eigenvalue weighted by Gasteiger charge is 2.21. The summed E-state index contributed by atoms with van der Waals surface area (Å²) in [5, 5.41) is 0. The largest absolute Gasteiger partial charge is 0.496 e. The van der Waals surface area contributed by atoms with Crippen molar-refractivity contribution in [3.8, 4) is 5.75 Å². The average molecular weight is 245 g/mol. The molecule has 0 atom stereocenters. The highest BCUT2D eigenvalue weighted by Crippen LogP contribution is 2.28. The summed E-state index contributed by atoms with van der Waals surface area (Å²) in [7, 11) is 1.51. The summed E-state index contributed by atoms with van der Waals surface area (Å²) in [6, 6.07) is 6.85. The lowest BCUT2D eigenvalue weighted by molar-refractivity contribution is 0.103. The third-order valence-corrected chi connectivity index (χ3v) is 2.79. The van der Waals surface area contributed by atoms with Crippen LogP contribution in [0.3, 0.4) is 0 Å². The van der Waals surface area contributed by atoms with Crippen LogP contribution in [-0.4, -0.2) is 12.9 Å². The van der Waals surface area contributed by atoms with Crippen LogP contribution in [0.5, 0.6) is 5.75 Å². The normalized spacial score (nSPS) is 10.4. The van der Waals surface area contributed by atoms with Gasteiger partial charge in [0.05, 0.1) is 18.2 Å². The average Bonchev–Trinajstić information content (AvgIpc) is 2.67. The predicted molar refractivity (Wildman–Crippen MR) is 69.0 cm³/mol. The number of methoxy groups -OCH3 is 1. The number of furan rings is 1. The van der Waals surface area contributed by atoms with Gasteiger partial charge < -0.3 is 14.9 Å². The highest BCUT2D eigenvalue weighted by atomic mass is 16.5. The van der Waals surface area contributed by atoms with Crippen LogP contribution in [0.2, 0.25) is 0 Å². The molecular formula is C14H15NO3. The van der Waals surface area contributed by atoms with Crippen molar-refractivity contribution in [2.45, 2.75) is 13.8 Å². The Bertz CT molecular complexity index is 599. The zero-order valence-electron chi connectivity index (χ0n) is 10.6. The molecule has 0 aliphatic heterocycles. The van der Waals surface area contributed by atoms with E-state index in [2.05, 4.69) is 0 Å². The number of ketones is 1. The molecule has 0 saturated heterocycles. The number of aryl methyl sites for hydroxylation is 2. The number of hydrogen-bond acceptors (Lipinski definition) is 4. The number of nitrogens with two attached hydrogens (primary N) is 1. The second-order valence-electron chi connectivity index (χ2n) is 4.08. The van der Waals surface area contributed by atoms with E-state index >= 15 is 0 Å². The lowest BCUT2D eigenvalue weighted by Crippen LogP contribution is -2.08. The maximum absolute atomic E-state index is 12.5. The molecule has 0 aliphatic rings. The van der Waals surface area contributed by atoms with Gasteiger partial charge in [-0.25, -0.2) is 0 Å². The number of anilines is 1. The van der Waals surface area contributed by atoms with Gasteiger partial charge in [-0.1, -0.05) is 6.07 Å². The molecule has 0 aliphatic carbocycles. The molecule has 0 unspecified atom stereocenters. The Hall–Kier alpha value is -2.23. The summed E-state index contributed by atoms with van der Waals surface area (Å²) in [4.78, 5) is 12.5. The molecule has 0 spiro atoms. The molecule has 0 bridgehead atoms. The van der Waals surface area contributed by atoms with E-state index in [0.29, 0.717) is 34.1 Å². The van der Waals surface area contributed by atoms with Gasteiger partial charge in [0.25, 0.3) is 0 Å². The number of hydrogen-bond donors (Lipinski definition) is 1. The van der Waals surface area contributed by atoms with Crippen molar-refractivity contribution in [2.75, 3.05) is 12.8 Å². The quantitative estimate of drug-likeness (QED) is 0.667. The smallest absolute Gasteiger partial charge is 0.202 e. The first kappa shape index (κ1) is 12.2. The Morgan fingerprint density at radius 1 is 1.33 bits per heavy atom. The monoisotopic (exact) mass is 245 g/mol. The van der Waals surface area contributed by atoms with Crippen LogP contribution in [-0.2, 0) is 0 Å². The summed E-state index contributed by atoms with van der Waals surface area (Å²) >= 11 is 0. The zero-order valence-corrected chi connectivity index (χ0v) is 10.6. The summed E-state index contributed by atoms with van der Waals surface area (Å²) < 4.78 is 10.6. The lowest BCUT2D eigenvalue weighted by atomic mass is 10.0. The van der Waals surface area contributed by atoms with Crippen LogP contribution in [0, 0.1) is 13.8 Å². The van der Waals surface area contributed by atoms with E-state index in [9.17, 15) is 4.79 Å². The second-order valence-corrected chi connectivity index (χ2v) is 4.08. The molecule has 0 amide bonds. The topological polar surface area (TPSA) is 65.5 Å². The fraction of sp³-hybridized carbons (Fsp3) is 0.214. The maximum atomic E-state index is 12.5. The molecule has 4 heteroatoms. The molecule has 18 heavy (non-hydrogen) atoms. The highest BCUT2D eigenvalue weighted by molar-refractivity contribution is 6.14. The minimum Gasteiger partial charge on any atom is -0.496 e. The van der Waals surface area contributed by atoms with E-state index in [0.717, 1.165) is 0 Å². The molecule has 0 saturated carbocycles. The van der Waals surface area contributed by atoms with Crippen LogP contribution in [0.4, 0.5) is 5.69 Å². The molecular weight excluding hydrogens is 230 g/mol. The van der Waals surface area contributed by atoms with E-state index in [1.54, 1.807) is 38.1 Å². The molecule has 1 aromatic carbocycles. The lowest BCUT2D eigenvalue weighted by Gasteiger charge is -2.09. The van der Waals surface area contributed by atoms with E-state index in [1.807, 2.05) is 0 Å². The van der Waals surface area contributed by atoms with E-state index < -0.39 is 0 Å². The van der Waals surface area contributed by atoms with Gasteiger partial charge in [0.1, 0.15) is 17.3 Å². The van der Waals surface area contributed by atoms with E-state index in [4.69, 9.17) is 14.9 Å². The van der Waals surface area contributed by atoms with Crippen molar-refractivity contribution in [1.29, 1.82) is 0 Å². The van der Waals surface area contributed by atoms with Gasteiger partial charge in [0, 0.05) is 5.69 Å². The molecule has 2 N–H and O–H groups in total. The van der Waals surface area contributed by atoms with Crippen LogP contribution in [0.1, 0.15) is 27.4 Å². The first-order chi connectivity index (χ1) is 8.54. The molecule has 94 valence electrons. The molecule has 4 nitrogen and oxygen atoms in total. The first-order valence-electron chi connectivity index (χ1n) is 5.58. The van der Waals surface area contributed by atoms with Crippen molar-refractivity contribution in [3.63, 3.8) is 0 Å². The molecule has 0 radical (unpaired) electrons. The molecule has 1 heterocycles. The van der Waals surface area contributed by atoms with Crippen molar-refractivity contribution in [2.24, 2.45) is 0 Å². The Morgan fingerprint density at radius 3 is 2.61 bits per heavy atom. The summed E-state index contributed by atoms with van der Waals surface area (Å²) in [5.74, 6) is 1.57. The van der Waals surface area contributed by atoms with Gasteiger partial charge in [-0.15, -0.1) is 0 Å². The fourth-order valence-corrected chi connectivity index (χ4v) is 1.95. The fourth-order valence-electron chi connectivity index (χ4n) is 1.95. The van der Waals surface area contributed by atoms with Gasteiger partial charge in [-0.3, -0.25) is 4.79 Å². The maximum Gasteiger partial charge on any atom is 0.202 e.